The predicted molar refractivity (Wildman–Crippen MR) is 110 cm³/mol. The monoisotopic (exact) mass is 399 g/mol. The second-order valence-corrected chi connectivity index (χ2v) is 7.57. The summed E-state index contributed by atoms with van der Waals surface area (Å²) in [7, 11) is 1.55. The third kappa shape index (κ3) is 3.87. The van der Waals surface area contributed by atoms with Gasteiger partial charge in [-0.2, -0.15) is 4.98 Å². The number of imidazole rings is 1. The molecule has 8 nitrogen and oxygen atoms in total. The van der Waals surface area contributed by atoms with Crippen molar-refractivity contribution < 1.29 is 9.13 Å². The van der Waals surface area contributed by atoms with Crippen LogP contribution in [0.4, 0.5) is 22.0 Å². The van der Waals surface area contributed by atoms with Crippen LogP contribution in [0.5, 0.6) is 0 Å². The van der Waals surface area contributed by atoms with E-state index in [4.69, 9.17) is 4.74 Å². The first kappa shape index (κ1) is 19.5. The Labute approximate surface area is 169 Å². The fourth-order valence-electron chi connectivity index (χ4n) is 3.87. The Bertz CT molecular complexity index is 1010. The number of halogens is 1. The average Bonchev–Trinajstić information content (AvgIpc) is 3.03. The minimum absolute atomic E-state index is 0.221. The maximum Gasteiger partial charge on any atom is 0.227 e. The van der Waals surface area contributed by atoms with Crippen molar-refractivity contribution in [2.24, 2.45) is 0 Å². The smallest absolute Gasteiger partial charge is 0.227 e. The molecule has 2 atom stereocenters. The van der Waals surface area contributed by atoms with Crippen LogP contribution in [-0.4, -0.2) is 57.0 Å². The van der Waals surface area contributed by atoms with Crippen LogP contribution in [0.1, 0.15) is 32.1 Å². The zero-order chi connectivity index (χ0) is 20.5. The second kappa shape index (κ2) is 7.90. The van der Waals surface area contributed by atoms with Gasteiger partial charge in [0, 0.05) is 32.0 Å². The number of anilines is 3. The highest BCUT2D eigenvalue weighted by Gasteiger charge is 2.30. The van der Waals surface area contributed by atoms with Crippen LogP contribution in [0.2, 0.25) is 0 Å². The molecule has 0 saturated carbocycles. The van der Waals surface area contributed by atoms with Crippen LogP contribution in [0, 0.1) is 6.92 Å². The first-order valence-corrected chi connectivity index (χ1v) is 9.82. The van der Waals surface area contributed by atoms with Crippen LogP contribution in [0.15, 0.2) is 24.5 Å². The Morgan fingerprint density at radius 1 is 1.24 bits per heavy atom. The fourth-order valence-corrected chi connectivity index (χ4v) is 3.87. The summed E-state index contributed by atoms with van der Waals surface area (Å²) in [6, 6.07) is 4.04. The van der Waals surface area contributed by atoms with E-state index in [1.54, 1.807) is 25.6 Å². The molecule has 0 bridgehead atoms. The van der Waals surface area contributed by atoms with Gasteiger partial charge in [-0.15, -0.1) is 0 Å². The van der Waals surface area contributed by atoms with Crippen LogP contribution in [-0.2, 0) is 4.74 Å². The van der Waals surface area contributed by atoms with Gasteiger partial charge in [-0.3, -0.25) is 0 Å². The van der Waals surface area contributed by atoms with Crippen LogP contribution < -0.4 is 10.2 Å². The first-order valence-electron chi connectivity index (χ1n) is 9.82. The number of aromatic nitrogens is 5. The van der Waals surface area contributed by atoms with Crippen molar-refractivity contribution in [3.8, 4) is 0 Å². The summed E-state index contributed by atoms with van der Waals surface area (Å²) in [5.41, 5.74) is 1.88. The summed E-state index contributed by atoms with van der Waals surface area (Å²) in [4.78, 5) is 19.7. The van der Waals surface area contributed by atoms with E-state index in [1.165, 1.54) is 0 Å². The minimum Gasteiger partial charge on any atom is -0.378 e. The third-order valence-electron chi connectivity index (χ3n) is 5.23. The summed E-state index contributed by atoms with van der Waals surface area (Å²) in [6.45, 7) is 7.12. The normalized spacial score (nSPS) is 19.9. The molecule has 4 heterocycles. The van der Waals surface area contributed by atoms with E-state index in [2.05, 4.69) is 43.7 Å². The van der Waals surface area contributed by atoms with E-state index < -0.39 is 6.17 Å². The van der Waals surface area contributed by atoms with Gasteiger partial charge in [0.05, 0.1) is 24.4 Å². The Balaban J connectivity index is 1.56. The Morgan fingerprint density at radius 2 is 2.07 bits per heavy atom. The standard InChI is InChI=1S/C20H26FN7O/c1-12(2)28-13(3)24-15-10-23-19(9-16(15)28)25-18-5-7-22-20(26-18)27-8-6-17(29-4)14(21)11-27/h5,7,9-10,12,14,17H,6,8,11H2,1-4H3,(H,22,23,25,26)/t14-,17+/m0/s1. The maximum absolute atomic E-state index is 14.2. The topological polar surface area (TPSA) is 81.0 Å². The van der Waals surface area contributed by atoms with Gasteiger partial charge in [0.2, 0.25) is 5.95 Å². The molecule has 0 radical (unpaired) electrons. The minimum atomic E-state index is -1.06. The Kier molecular flexibility index (Phi) is 5.31. The number of hydrogen-bond donors (Lipinski definition) is 1. The van der Waals surface area contributed by atoms with Gasteiger partial charge in [-0.25, -0.2) is 19.3 Å². The number of hydrogen-bond acceptors (Lipinski definition) is 7. The summed E-state index contributed by atoms with van der Waals surface area (Å²) in [6.07, 6.45) is 2.61. The number of alkyl halides is 1. The molecular formula is C20H26FN7O. The number of fused-ring (bicyclic) bond motifs is 1. The fraction of sp³-hybridized carbons (Fsp3) is 0.500. The second-order valence-electron chi connectivity index (χ2n) is 7.57. The number of methoxy groups -OCH3 is 1. The number of piperidine rings is 1. The molecule has 0 aliphatic carbocycles. The lowest BCUT2D eigenvalue weighted by atomic mass is 10.1. The first-order chi connectivity index (χ1) is 14.0. The lowest BCUT2D eigenvalue weighted by Gasteiger charge is -2.33. The molecule has 1 fully saturated rings. The lowest BCUT2D eigenvalue weighted by molar-refractivity contribution is 0.0194. The molecule has 4 rings (SSSR count). The highest BCUT2D eigenvalue weighted by atomic mass is 19.1. The molecule has 0 amide bonds. The predicted octanol–water partition coefficient (Wildman–Crippen LogP) is 3.42. The van der Waals surface area contributed by atoms with Gasteiger partial charge in [-0.05, 0) is 33.3 Å². The van der Waals surface area contributed by atoms with E-state index in [9.17, 15) is 4.39 Å². The van der Waals surface area contributed by atoms with Gasteiger partial charge in [0.1, 0.15) is 29.1 Å². The van der Waals surface area contributed by atoms with Crippen molar-refractivity contribution in [2.45, 2.75) is 45.5 Å². The van der Waals surface area contributed by atoms with Crippen LogP contribution >= 0.6 is 0 Å². The quantitative estimate of drug-likeness (QED) is 0.704. The summed E-state index contributed by atoms with van der Waals surface area (Å²) in [5.74, 6) is 2.73. The zero-order valence-corrected chi connectivity index (χ0v) is 17.1. The van der Waals surface area contributed by atoms with Gasteiger partial charge in [0.15, 0.2) is 0 Å². The molecule has 1 aliphatic rings. The maximum atomic E-state index is 14.2. The number of nitrogens with zero attached hydrogens (tertiary/aromatic N) is 6. The number of nitrogens with one attached hydrogen (secondary N) is 1. The highest BCUT2D eigenvalue weighted by Crippen LogP contribution is 2.25. The lowest BCUT2D eigenvalue weighted by Crippen LogP contribution is -2.46. The molecule has 0 aromatic carbocycles. The number of aryl methyl sites for hydroxylation is 1. The Hall–Kier alpha value is -2.81. The van der Waals surface area contributed by atoms with Gasteiger partial charge in [-0.1, -0.05) is 0 Å². The number of ether oxygens (including phenoxy) is 1. The SMILES string of the molecule is CO[C@@H]1CCN(c2nccc(Nc3cc4c(cn3)nc(C)n4C(C)C)n2)C[C@@H]1F. The molecule has 29 heavy (non-hydrogen) atoms. The van der Waals surface area contributed by atoms with Crippen molar-refractivity contribution in [2.75, 3.05) is 30.4 Å². The highest BCUT2D eigenvalue weighted by molar-refractivity contribution is 5.79. The van der Waals surface area contributed by atoms with E-state index in [0.717, 1.165) is 16.9 Å². The summed E-state index contributed by atoms with van der Waals surface area (Å²) in [5, 5.41) is 3.23. The molecule has 3 aromatic heterocycles. The number of rotatable bonds is 5. The molecule has 3 aromatic rings. The van der Waals surface area contributed by atoms with Crippen molar-refractivity contribution in [3.05, 3.63) is 30.4 Å². The van der Waals surface area contributed by atoms with Gasteiger partial charge < -0.3 is 19.5 Å². The zero-order valence-electron chi connectivity index (χ0n) is 17.1. The van der Waals surface area contributed by atoms with Crippen LogP contribution in [0.3, 0.4) is 0 Å². The molecular weight excluding hydrogens is 373 g/mol. The van der Waals surface area contributed by atoms with E-state index in [-0.39, 0.29) is 12.6 Å². The van der Waals surface area contributed by atoms with E-state index in [1.807, 2.05) is 17.9 Å². The number of pyridine rings is 1. The van der Waals surface area contributed by atoms with Crippen molar-refractivity contribution in [3.63, 3.8) is 0 Å². The van der Waals surface area contributed by atoms with Crippen molar-refractivity contribution in [1.82, 2.24) is 24.5 Å². The van der Waals surface area contributed by atoms with E-state index in [0.29, 0.717) is 36.6 Å². The van der Waals surface area contributed by atoms with Crippen molar-refractivity contribution in [1.29, 1.82) is 0 Å². The van der Waals surface area contributed by atoms with Crippen LogP contribution in [0.25, 0.3) is 11.0 Å². The third-order valence-corrected chi connectivity index (χ3v) is 5.23. The molecule has 0 spiro atoms. The molecule has 1 saturated heterocycles. The molecule has 154 valence electrons. The van der Waals surface area contributed by atoms with Crippen molar-refractivity contribution >= 4 is 28.6 Å². The van der Waals surface area contributed by atoms with Gasteiger partial charge >= 0.3 is 0 Å². The Morgan fingerprint density at radius 3 is 2.79 bits per heavy atom. The molecule has 9 heteroatoms. The van der Waals surface area contributed by atoms with E-state index >= 15 is 0 Å². The summed E-state index contributed by atoms with van der Waals surface area (Å²) >= 11 is 0. The molecule has 1 N–H and O–H groups in total. The average molecular weight is 399 g/mol. The molecule has 0 unspecified atom stereocenters. The van der Waals surface area contributed by atoms with Gasteiger partial charge in [0.25, 0.3) is 0 Å². The summed E-state index contributed by atoms with van der Waals surface area (Å²) < 4.78 is 21.6. The molecule has 1 aliphatic heterocycles. The largest absolute Gasteiger partial charge is 0.378 e.